The highest BCUT2D eigenvalue weighted by atomic mass is 35.5. The predicted molar refractivity (Wildman–Crippen MR) is 162 cm³/mol. The Morgan fingerprint density at radius 3 is 2.52 bits per heavy atom. The van der Waals surface area contributed by atoms with Crippen molar-refractivity contribution in [2.45, 2.75) is 58.0 Å². The number of amides is 1. The minimum absolute atomic E-state index is 0.0567. The number of nitrogens with zero attached hydrogens (tertiary/aromatic N) is 6. The standard InChI is InChI=1S/C31H32ClN9O/c1-30(2,3)18-37-27-20(15-34)16-36-26-19(14-33)12-21(13-23(26)27)38-28(22-8-4-5-9-24(22)32)25-17-41(40-39-25)31(29(35)42)10-6-7-11-31/h4-5,8-9,12-13,16-17,28,38H,6-7,10-11,18H2,1-3H3,(H2,35,42)(H,36,37). The summed E-state index contributed by atoms with van der Waals surface area (Å²) in [6, 6.07) is 14.9. The molecule has 0 aliphatic heterocycles. The zero-order chi connectivity index (χ0) is 30.1. The lowest BCUT2D eigenvalue weighted by Crippen LogP contribution is -2.44. The number of benzene rings is 2. The molecule has 214 valence electrons. The van der Waals surface area contributed by atoms with E-state index in [4.69, 9.17) is 17.3 Å². The van der Waals surface area contributed by atoms with Crippen molar-refractivity contribution >= 4 is 39.8 Å². The summed E-state index contributed by atoms with van der Waals surface area (Å²) < 4.78 is 1.59. The van der Waals surface area contributed by atoms with Gasteiger partial charge in [0.1, 0.15) is 23.4 Å². The van der Waals surface area contributed by atoms with Gasteiger partial charge in [-0.1, -0.05) is 68.6 Å². The van der Waals surface area contributed by atoms with Crippen molar-refractivity contribution in [1.29, 1.82) is 10.5 Å². The molecule has 0 saturated heterocycles. The van der Waals surface area contributed by atoms with Crippen LogP contribution in [-0.2, 0) is 10.3 Å². The van der Waals surface area contributed by atoms with Crippen LogP contribution in [0.5, 0.6) is 0 Å². The van der Waals surface area contributed by atoms with Crippen LogP contribution >= 0.6 is 11.6 Å². The van der Waals surface area contributed by atoms with E-state index >= 15 is 0 Å². The van der Waals surface area contributed by atoms with E-state index in [1.807, 2.05) is 24.3 Å². The molecule has 0 radical (unpaired) electrons. The molecule has 5 rings (SSSR count). The maximum absolute atomic E-state index is 12.5. The number of hydrogen-bond acceptors (Lipinski definition) is 8. The van der Waals surface area contributed by atoms with Crippen LogP contribution in [0.1, 0.15) is 74.9 Å². The number of fused-ring (bicyclic) bond motifs is 1. The van der Waals surface area contributed by atoms with Gasteiger partial charge in [-0.2, -0.15) is 10.5 Å². The van der Waals surface area contributed by atoms with Crippen molar-refractivity contribution < 1.29 is 4.79 Å². The molecule has 4 aromatic rings. The Balaban J connectivity index is 1.63. The van der Waals surface area contributed by atoms with Crippen LogP contribution in [-0.4, -0.2) is 32.4 Å². The second-order valence-electron chi connectivity index (χ2n) is 11.9. The van der Waals surface area contributed by atoms with E-state index in [0.29, 0.717) is 63.5 Å². The molecule has 2 aromatic carbocycles. The van der Waals surface area contributed by atoms with Gasteiger partial charge in [0.05, 0.1) is 34.6 Å². The Kier molecular flexibility index (Phi) is 7.77. The van der Waals surface area contributed by atoms with Gasteiger partial charge in [0, 0.05) is 28.8 Å². The summed E-state index contributed by atoms with van der Waals surface area (Å²) in [7, 11) is 0. The van der Waals surface area contributed by atoms with Crippen LogP contribution in [0.25, 0.3) is 10.9 Å². The zero-order valence-corrected chi connectivity index (χ0v) is 24.5. The van der Waals surface area contributed by atoms with E-state index < -0.39 is 17.5 Å². The SMILES string of the molecule is CC(C)(C)CNc1c(C#N)cnc2c(C#N)cc(NC(c3cn(C4(C(N)=O)CCCC4)nn3)c3ccccc3Cl)cc12. The highest BCUT2D eigenvalue weighted by Crippen LogP contribution is 2.38. The highest BCUT2D eigenvalue weighted by molar-refractivity contribution is 6.31. The van der Waals surface area contributed by atoms with Crippen molar-refractivity contribution in [3.05, 3.63) is 76.2 Å². The molecule has 2 heterocycles. The monoisotopic (exact) mass is 581 g/mol. The molecule has 0 spiro atoms. The third kappa shape index (κ3) is 5.46. The highest BCUT2D eigenvalue weighted by Gasteiger charge is 2.43. The number of pyridine rings is 1. The lowest BCUT2D eigenvalue weighted by atomic mass is 9.96. The van der Waals surface area contributed by atoms with E-state index in [-0.39, 0.29) is 5.41 Å². The van der Waals surface area contributed by atoms with Gasteiger partial charge in [0.2, 0.25) is 5.91 Å². The van der Waals surface area contributed by atoms with Gasteiger partial charge in [0.15, 0.2) is 0 Å². The number of nitriles is 2. The molecule has 1 aliphatic carbocycles. The Bertz CT molecular complexity index is 1740. The fourth-order valence-electron chi connectivity index (χ4n) is 5.45. The summed E-state index contributed by atoms with van der Waals surface area (Å²) in [6.07, 6.45) is 6.19. The number of hydrogen-bond donors (Lipinski definition) is 3. The summed E-state index contributed by atoms with van der Waals surface area (Å²) in [6.45, 7) is 6.89. The van der Waals surface area contributed by atoms with E-state index in [2.05, 4.69) is 58.8 Å². The Morgan fingerprint density at radius 2 is 1.88 bits per heavy atom. The van der Waals surface area contributed by atoms with Gasteiger partial charge in [0.25, 0.3) is 0 Å². The summed E-state index contributed by atoms with van der Waals surface area (Å²) in [4.78, 5) is 17.0. The lowest BCUT2D eigenvalue weighted by molar-refractivity contribution is -0.126. The first-order chi connectivity index (χ1) is 20.1. The number of carbonyl (C=O) groups excluding carboxylic acids is 1. The van der Waals surface area contributed by atoms with Crippen LogP contribution in [0.15, 0.2) is 48.8 Å². The zero-order valence-electron chi connectivity index (χ0n) is 23.8. The third-order valence-corrected chi connectivity index (χ3v) is 8.01. The molecule has 1 unspecified atom stereocenters. The van der Waals surface area contributed by atoms with Crippen molar-refractivity contribution in [1.82, 2.24) is 20.0 Å². The van der Waals surface area contributed by atoms with Crippen molar-refractivity contribution in [2.75, 3.05) is 17.2 Å². The number of nitrogens with two attached hydrogens (primary N) is 1. The number of anilines is 2. The first-order valence-corrected chi connectivity index (χ1v) is 14.2. The first-order valence-electron chi connectivity index (χ1n) is 13.8. The van der Waals surface area contributed by atoms with Crippen LogP contribution < -0.4 is 16.4 Å². The molecule has 10 nitrogen and oxygen atoms in total. The van der Waals surface area contributed by atoms with Gasteiger partial charge in [-0.15, -0.1) is 5.10 Å². The summed E-state index contributed by atoms with van der Waals surface area (Å²) in [5, 5.41) is 36.8. The maximum atomic E-state index is 12.5. The number of primary amides is 1. The van der Waals surface area contributed by atoms with Gasteiger partial charge in [-0.05, 0) is 42.0 Å². The Morgan fingerprint density at radius 1 is 1.17 bits per heavy atom. The molecule has 1 saturated carbocycles. The van der Waals surface area contributed by atoms with E-state index in [0.717, 1.165) is 18.4 Å². The Hall–Kier alpha value is -4.67. The lowest BCUT2D eigenvalue weighted by Gasteiger charge is -2.25. The second-order valence-corrected chi connectivity index (χ2v) is 12.3. The largest absolute Gasteiger partial charge is 0.383 e. The average molecular weight is 582 g/mol. The minimum Gasteiger partial charge on any atom is -0.383 e. The number of halogens is 1. The second kappa shape index (κ2) is 11.3. The predicted octanol–water partition coefficient (Wildman–Crippen LogP) is 5.64. The molecule has 0 bridgehead atoms. The third-order valence-electron chi connectivity index (χ3n) is 7.67. The minimum atomic E-state index is -0.916. The number of aromatic nitrogens is 4. The molecule has 11 heteroatoms. The summed E-state index contributed by atoms with van der Waals surface area (Å²) in [5.41, 5.74) is 8.57. The molecule has 1 aliphatic rings. The van der Waals surface area contributed by atoms with Gasteiger partial charge in [-0.25, -0.2) is 4.68 Å². The van der Waals surface area contributed by atoms with Crippen LogP contribution in [0, 0.1) is 28.1 Å². The van der Waals surface area contributed by atoms with E-state index in [9.17, 15) is 15.3 Å². The number of carbonyl (C=O) groups is 1. The number of rotatable bonds is 8. The molecule has 1 amide bonds. The van der Waals surface area contributed by atoms with Gasteiger partial charge < -0.3 is 16.4 Å². The van der Waals surface area contributed by atoms with Crippen molar-refractivity contribution in [3.63, 3.8) is 0 Å². The number of nitrogens with one attached hydrogen (secondary N) is 2. The van der Waals surface area contributed by atoms with Gasteiger partial charge in [-0.3, -0.25) is 9.78 Å². The van der Waals surface area contributed by atoms with Crippen molar-refractivity contribution in [3.8, 4) is 12.1 Å². The summed E-state index contributed by atoms with van der Waals surface area (Å²) >= 11 is 6.67. The average Bonchev–Trinajstić information content (AvgIpc) is 3.65. The van der Waals surface area contributed by atoms with Gasteiger partial charge >= 0.3 is 0 Å². The molecular weight excluding hydrogens is 550 g/mol. The fraction of sp³-hybridized carbons (Fsp3) is 0.355. The van der Waals surface area contributed by atoms with Crippen LogP contribution in [0.4, 0.5) is 11.4 Å². The molecule has 1 fully saturated rings. The normalized spacial score (nSPS) is 15.1. The molecule has 2 aromatic heterocycles. The van der Waals surface area contributed by atoms with Crippen LogP contribution in [0.2, 0.25) is 5.02 Å². The summed E-state index contributed by atoms with van der Waals surface area (Å²) in [5.74, 6) is -0.428. The molecule has 4 N–H and O–H groups in total. The molecule has 1 atom stereocenters. The Labute approximate surface area is 249 Å². The first kappa shape index (κ1) is 28.8. The van der Waals surface area contributed by atoms with Crippen LogP contribution in [0.3, 0.4) is 0 Å². The van der Waals surface area contributed by atoms with E-state index in [1.165, 1.54) is 6.20 Å². The fourth-order valence-corrected chi connectivity index (χ4v) is 5.70. The smallest absolute Gasteiger partial charge is 0.245 e. The maximum Gasteiger partial charge on any atom is 0.245 e. The van der Waals surface area contributed by atoms with Crippen molar-refractivity contribution in [2.24, 2.45) is 11.1 Å². The molecular formula is C31H32ClN9O. The molecule has 42 heavy (non-hydrogen) atoms. The van der Waals surface area contributed by atoms with E-state index in [1.54, 1.807) is 23.0 Å². The quantitative estimate of drug-likeness (QED) is 0.241. The topological polar surface area (TPSA) is 158 Å².